The molecule has 1 aromatic carbocycles. The van der Waals surface area contributed by atoms with Crippen LogP contribution in [0.5, 0.6) is 0 Å². The van der Waals surface area contributed by atoms with Crippen molar-refractivity contribution in [2.24, 2.45) is 0 Å². The summed E-state index contributed by atoms with van der Waals surface area (Å²) in [5.74, 6) is 0.310. The Hall–Kier alpha value is -2.10. The van der Waals surface area contributed by atoms with Crippen LogP contribution >= 0.6 is 0 Å². The van der Waals surface area contributed by atoms with Crippen LogP contribution in [-0.2, 0) is 6.42 Å². The van der Waals surface area contributed by atoms with Crippen LogP contribution in [0.4, 0.5) is 15.9 Å². The van der Waals surface area contributed by atoms with Gasteiger partial charge in [-0.2, -0.15) is 0 Å². The normalized spacial score (nSPS) is 10.2. The molecule has 0 saturated carbocycles. The summed E-state index contributed by atoms with van der Waals surface area (Å²) in [4.78, 5) is 3.90. The lowest BCUT2D eigenvalue weighted by molar-refractivity contribution is 0.610. The van der Waals surface area contributed by atoms with Gasteiger partial charge in [0.2, 0.25) is 0 Å². The van der Waals surface area contributed by atoms with Crippen LogP contribution in [0.2, 0.25) is 0 Å². The Balaban J connectivity index is 1.90. The molecule has 0 aliphatic heterocycles. The van der Waals surface area contributed by atoms with Crippen molar-refractivity contribution in [2.45, 2.75) is 6.42 Å². The van der Waals surface area contributed by atoms with Crippen molar-refractivity contribution in [2.75, 3.05) is 17.6 Å². The Morgan fingerprint density at radius 2 is 2.06 bits per heavy atom. The molecule has 1 aromatic heterocycles. The van der Waals surface area contributed by atoms with Crippen molar-refractivity contribution in [1.29, 1.82) is 0 Å². The van der Waals surface area contributed by atoms with Gasteiger partial charge in [0.05, 0.1) is 0 Å². The zero-order valence-electron chi connectivity index (χ0n) is 9.36. The fourth-order valence-electron chi connectivity index (χ4n) is 1.60. The highest BCUT2D eigenvalue weighted by molar-refractivity contribution is 5.49. The van der Waals surface area contributed by atoms with Gasteiger partial charge in [-0.05, 0) is 24.1 Å². The second-order valence-corrected chi connectivity index (χ2v) is 3.74. The summed E-state index contributed by atoms with van der Waals surface area (Å²) >= 11 is 0. The summed E-state index contributed by atoms with van der Waals surface area (Å²) in [6.07, 6.45) is 2.27. The minimum Gasteiger partial charge on any atom is -0.385 e. The predicted octanol–water partition coefficient (Wildman–Crippen LogP) is 2.46. The van der Waals surface area contributed by atoms with Crippen LogP contribution in [0.3, 0.4) is 0 Å². The first-order valence-electron chi connectivity index (χ1n) is 5.44. The van der Waals surface area contributed by atoms with Crippen LogP contribution in [0.25, 0.3) is 0 Å². The SMILES string of the molecule is Nc1cc(NCCc2ccccc2F)ccn1. The van der Waals surface area contributed by atoms with Gasteiger partial charge in [0.25, 0.3) is 0 Å². The van der Waals surface area contributed by atoms with Gasteiger partial charge < -0.3 is 11.1 Å². The number of hydrogen-bond acceptors (Lipinski definition) is 3. The maximum Gasteiger partial charge on any atom is 0.126 e. The monoisotopic (exact) mass is 231 g/mol. The quantitative estimate of drug-likeness (QED) is 0.849. The largest absolute Gasteiger partial charge is 0.385 e. The standard InChI is InChI=1S/C13H14FN3/c14-12-4-2-1-3-10(12)5-7-16-11-6-8-17-13(15)9-11/h1-4,6,8-9H,5,7H2,(H3,15,16,17). The first kappa shape index (κ1) is 11.4. The molecule has 3 nitrogen and oxygen atoms in total. The summed E-state index contributed by atoms with van der Waals surface area (Å²) in [7, 11) is 0. The van der Waals surface area contributed by atoms with E-state index in [0.717, 1.165) is 5.69 Å². The Morgan fingerprint density at radius 1 is 1.24 bits per heavy atom. The van der Waals surface area contributed by atoms with E-state index in [0.29, 0.717) is 24.3 Å². The number of benzene rings is 1. The third kappa shape index (κ3) is 3.17. The van der Waals surface area contributed by atoms with Gasteiger partial charge in [-0.25, -0.2) is 9.37 Å². The van der Waals surface area contributed by atoms with E-state index < -0.39 is 0 Å². The summed E-state index contributed by atoms with van der Waals surface area (Å²) in [5.41, 5.74) is 7.16. The predicted molar refractivity (Wildman–Crippen MR) is 67.2 cm³/mol. The third-order valence-electron chi connectivity index (χ3n) is 2.46. The van der Waals surface area contributed by atoms with Crippen molar-refractivity contribution in [3.63, 3.8) is 0 Å². The van der Waals surface area contributed by atoms with E-state index in [2.05, 4.69) is 10.3 Å². The average molecular weight is 231 g/mol. The topological polar surface area (TPSA) is 50.9 Å². The van der Waals surface area contributed by atoms with Crippen molar-refractivity contribution in [1.82, 2.24) is 4.98 Å². The molecule has 88 valence electrons. The maximum absolute atomic E-state index is 13.3. The van der Waals surface area contributed by atoms with Gasteiger partial charge in [0, 0.05) is 24.5 Å². The zero-order chi connectivity index (χ0) is 12.1. The molecule has 0 amide bonds. The van der Waals surface area contributed by atoms with Crippen molar-refractivity contribution < 1.29 is 4.39 Å². The van der Waals surface area contributed by atoms with E-state index in [1.807, 2.05) is 12.1 Å². The number of anilines is 2. The Bertz CT molecular complexity index is 500. The van der Waals surface area contributed by atoms with E-state index in [1.165, 1.54) is 6.07 Å². The van der Waals surface area contributed by atoms with Crippen LogP contribution in [0.15, 0.2) is 42.6 Å². The van der Waals surface area contributed by atoms with Gasteiger partial charge in [-0.15, -0.1) is 0 Å². The van der Waals surface area contributed by atoms with E-state index >= 15 is 0 Å². The van der Waals surface area contributed by atoms with Gasteiger partial charge >= 0.3 is 0 Å². The zero-order valence-corrected chi connectivity index (χ0v) is 9.36. The van der Waals surface area contributed by atoms with Crippen LogP contribution in [0, 0.1) is 5.82 Å². The molecular formula is C13H14FN3. The fraction of sp³-hybridized carbons (Fsp3) is 0.154. The van der Waals surface area contributed by atoms with Gasteiger partial charge in [0.15, 0.2) is 0 Å². The number of nitrogen functional groups attached to an aromatic ring is 1. The summed E-state index contributed by atoms with van der Waals surface area (Å²) < 4.78 is 13.3. The Morgan fingerprint density at radius 3 is 2.82 bits per heavy atom. The minimum atomic E-state index is -0.163. The van der Waals surface area contributed by atoms with Gasteiger partial charge in [0.1, 0.15) is 11.6 Å². The first-order valence-corrected chi connectivity index (χ1v) is 5.44. The lowest BCUT2D eigenvalue weighted by Crippen LogP contribution is -2.06. The van der Waals surface area contributed by atoms with E-state index in [4.69, 9.17) is 5.73 Å². The highest BCUT2D eigenvalue weighted by atomic mass is 19.1. The lowest BCUT2D eigenvalue weighted by atomic mass is 10.1. The number of pyridine rings is 1. The molecule has 0 aliphatic carbocycles. The number of rotatable bonds is 4. The summed E-state index contributed by atoms with van der Waals surface area (Å²) in [6.45, 7) is 0.657. The molecule has 0 unspecified atom stereocenters. The van der Waals surface area contributed by atoms with Crippen molar-refractivity contribution in [3.8, 4) is 0 Å². The van der Waals surface area contributed by atoms with Crippen LogP contribution in [0.1, 0.15) is 5.56 Å². The first-order chi connectivity index (χ1) is 8.25. The average Bonchev–Trinajstić information content (AvgIpc) is 2.32. The molecule has 0 spiro atoms. The molecule has 4 heteroatoms. The van der Waals surface area contributed by atoms with Crippen LogP contribution < -0.4 is 11.1 Å². The molecule has 0 radical (unpaired) electrons. The highest BCUT2D eigenvalue weighted by Crippen LogP contribution is 2.10. The Labute approximate surface area is 99.5 Å². The minimum absolute atomic E-state index is 0.163. The molecule has 0 aliphatic rings. The van der Waals surface area contributed by atoms with Crippen molar-refractivity contribution >= 4 is 11.5 Å². The fourth-order valence-corrected chi connectivity index (χ4v) is 1.60. The molecule has 0 saturated heterocycles. The van der Waals surface area contributed by atoms with E-state index in [-0.39, 0.29) is 5.82 Å². The number of nitrogens with zero attached hydrogens (tertiary/aromatic N) is 1. The number of hydrogen-bond donors (Lipinski definition) is 2. The highest BCUT2D eigenvalue weighted by Gasteiger charge is 2.00. The maximum atomic E-state index is 13.3. The molecule has 0 bridgehead atoms. The number of aromatic nitrogens is 1. The van der Waals surface area contributed by atoms with E-state index in [1.54, 1.807) is 24.4 Å². The smallest absolute Gasteiger partial charge is 0.126 e. The second-order valence-electron chi connectivity index (χ2n) is 3.74. The lowest BCUT2D eigenvalue weighted by Gasteiger charge is -2.07. The number of nitrogens with one attached hydrogen (secondary N) is 1. The van der Waals surface area contributed by atoms with Gasteiger partial charge in [-0.3, -0.25) is 0 Å². The molecular weight excluding hydrogens is 217 g/mol. The number of halogens is 1. The van der Waals surface area contributed by atoms with Crippen molar-refractivity contribution in [3.05, 3.63) is 54.0 Å². The Kier molecular flexibility index (Phi) is 3.55. The molecule has 0 fully saturated rings. The molecule has 1 heterocycles. The summed E-state index contributed by atoms with van der Waals surface area (Å²) in [6, 6.07) is 10.4. The summed E-state index contributed by atoms with van der Waals surface area (Å²) in [5, 5.41) is 3.17. The molecule has 17 heavy (non-hydrogen) atoms. The number of nitrogens with two attached hydrogens (primary N) is 1. The van der Waals surface area contributed by atoms with Crippen LogP contribution in [-0.4, -0.2) is 11.5 Å². The second kappa shape index (κ2) is 5.30. The molecule has 2 rings (SSSR count). The molecule has 0 atom stereocenters. The van der Waals surface area contributed by atoms with Gasteiger partial charge in [-0.1, -0.05) is 18.2 Å². The molecule has 3 N–H and O–H groups in total. The molecule has 2 aromatic rings. The van der Waals surface area contributed by atoms with E-state index in [9.17, 15) is 4.39 Å². The third-order valence-corrected chi connectivity index (χ3v) is 2.46.